The molecule has 1 fully saturated rings. The maximum Gasteiger partial charge on any atom is 0.305 e. The first-order valence-electron chi connectivity index (χ1n) is 8.38. The number of carbonyl (C=O) groups is 1. The lowest BCUT2D eigenvalue weighted by Gasteiger charge is -2.36. The van der Waals surface area contributed by atoms with Crippen LogP contribution in [-0.4, -0.2) is 60.6 Å². The van der Waals surface area contributed by atoms with E-state index in [1.54, 1.807) is 0 Å². The molecule has 1 N–H and O–H groups in total. The Labute approximate surface area is 162 Å². The number of rotatable bonds is 7. The molecule has 0 amide bonds. The second kappa shape index (κ2) is 13.1. The monoisotopic (exact) mass is 457 g/mol. The van der Waals surface area contributed by atoms with Crippen LogP contribution in [0.5, 0.6) is 0 Å². The van der Waals surface area contributed by atoms with Crippen molar-refractivity contribution in [3.63, 3.8) is 0 Å². The zero-order valence-corrected chi connectivity index (χ0v) is 18.0. The molecule has 0 bridgehead atoms. The number of carbonyl (C=O) groups excluding carboxylic acids is 1. The fourth-order valence-corrected chi connectivity index (χ4v) is 3.64. The van der Waals surface area contributed by atoms with Gasteiger partial charge in [-0.05, 0) is 26.2 Å². The number of ether oxygens (including phenoxy) is 1. The van der Waals surface area contributed by atoms with Gasteiger partial charge in [-0.2, -0.15) is 11.8 Å². The van der Waals surface area contributed by atoms with Crippen LogP contribution in [0.1, 0.15) is 40.5 Å². The number of esters is 1. The lowest BCUT2D eigenvalue weighted by atomic mass is 10.1. The first-order valence-corrected chi connectivity index (χ1v) is 9.43. The van der Waals surface area contributed by atoms with Crippen LogP contribution >= 0.6 is 35.7 Å². The van der Waals surface area contributed by atoms with Gasteiger partial charge in [-0.1, -0.05) is 13.8 Å². The van der Waals surface area contributed by atoms with Crippen molar-refractivity contribution >= 4 is 47.7 Å². The zero-order valence-electron chi connectivity index (χ0n) is 14.8. The van der Waals surface area contributed by atoms with E-state index in [1.807, 2.05) is 6.92 Å². The molecular formula is C16H32IN3O2S. The smallest absolute Gasteiger partial charge is 0.305 e. The number of hydrogen-bond donors (Lipinski definition) is 1. The van der Waals surface area contributed by atoms with Crippen LogP contribution in [0.25, 0.3) is 0 Å². The van der Waals surface area contributed by atoms with Gasteiger partial charge in [0.25, 0.3) is 0 Å². The van der Waals surface area contributed by atoms with Crippen LogP contribution in [0.3, 0.4) is 0 Å². The van der Waals surface area contributed by atoms with Crippen molar-refractivity contribution in [1.29, 1.82) is 0 Å². The van der Waals surface area contributed by atoms with Gasteiger partial charge in [-0.3, -0.25) is 9.79 Å². The van der Waals surface area contributed by atoms with Crippen molar-refractivity contribution in [2.24, 2.45) is 10.9 Å². The van der Waals surface area contributed by atoms with Crippen molar-refractivity contribution in [2.45, 2.75) is 45.8 Å². The second-order valence-electron chi connectivity index (χ2n) is 5.74. The SMILES string of the molecule is CCNC(=NCCCC(=O)OCC)N1CCSC(C(C)C)C1.I. The molecule has 0 radical (unpaired) electrons. The van der Waals surface area contributed by atoms with Crippen molar-refractivity contribution in [3.8, 4) is 0 Å². The van der Waals surface area contributed by atoms with Gasteiger partial charge < -0.3 is 15.0 Å². The lowest BCUT2D eigenvalue weighted by Crippen LogP contribution is -2.49. The molecule has 1 heterocycles. The third-order valence-electron chi connectivity index (χ3n) is 3.58. The second-order valence-corrected chi connectivity index (χ2v) is 7.09. The van der Waals surface area contributed by atoms with Crippen LogP contribution in [-0.2, 0) is 9.53 Å². The van der Waals surface area contributed by atoms with Crippen molar-refractivity contribution < 1.29 is 9.53 Å². The van der Waals surface area contributed by atoms with E-state index in [-0.39, 0.29) is 29.9 Å². The van der Waals surface area contributed by atoms with Crippen LogP contribution < -0.4 is 5.32 Å². The molecule has 0 aliphatic carbocycles. The summed E-state index contributed by atoms with van der Waals surface area (Å²) in [5.74, 6) is 2.68. The maximum absolute atomic E-state index is 11.3. The van der Waals surface area contributed by atoms with Crippen LogP contribution in [0.15, 0.2) is 4.99 Å². The minimum atomic E-state index is -0.128. The standard InChI is InChI=1S/C16H31N3O2S.HI/c1-5-17-16(18-9-7-8-15(20)21-6-2)19-10-11-22-14(12-19)13(3)4;/h13-14H,5-12H2,1-4H3,(H,17,18);1H. The molecule has 23 heavy (non-hydrogen) atoms. The molecule has 5 nitrogen and oxygen atoms in total. The van der Waals surface area contributed by atoms with E-state index >= 15 is 0 Å². The summed E-state index contributed by atoms with van der Waals surface area (Å²) in [6.07, 6.45) is 1.19. The normalized spacial score (nSPS) is 18.6. The van der Waals surface area contributed by atoms with E-state index in [1.165, 1.54) is 0 Å². The van der Waals surface area contributed by atoms with Crippen LogP contribution in [0.2, 0.25) is 0 Å². The lowest BCUT2D eigenvalue weighted by molar-refractivity contribution is -0.143. The number of nitrogens with zero attached hydrogens (tertiary/aromatic N) is 2. The van der Waals surface area contributed by atoms with Crippen molar-refractivity contribution in [1.82, 2.24) is 10.2 Å². The van der Waals surface area contributed by atoms with E-state index in [0.29, 0.717) is 30.7 Å². The molecule has 0 aromatic heterocycles. The Morgan fingerprint density at radius 1 is 1.43 bits per heavy atom. The highest BCUT2D eigenvalue weighted by molar-refractivity contribution is 14.0. The molecule has 1 aliphatic rings. The minimum absolute atomic E-state index is 0. The van der Waals surface area contributed by atoms with E-state index in [4.69, 9.17) is 4.74 Å². The largest absolute Gasteiger partial charge is 0.466 e. The molecule has 136 valence electrons. The third kappa shape index (κ3) is 9.02. The third-order valence-corrected chi connectivity index (χ3v) is 5.12. The molecule has 7 heteroatoms. The molecular weight excluding hydrogens is 425 g/mol. The number of guanidine groups is 1. The quantitative estimate of drug-likeness (QED) is 0.210. The highest BCUT2D eigenvalue weighted by Gasteiger charge is 2.24. The maximum atomic E-state index is 11.3. The topological polar surface area (TPSA) is 53.9 Å². The summed E-state index contributed by atoms with van der Waals surface area (Å²) in [6, 6.07) is 0. The summed E-state index contributed by atoms with van der Waals surface area (Å²) in [7, 11) is 0. The molecule has 1 atom stereocenters. The summed E-state index contributed by atoms with van der Waals surface area (Å²) in [5, 5.41) is 4.04. The number of aliphatic imine (C=N–C) groups is 1. The minimum Gasteiger partial charge on any atom is -0.466 e. The van der Waals surface area contributed by atoms with Crippen molar-refractivity contribution in [2.75, 3.05) is 38.5 Å². The zero-order chi connectivity index (χ0) is 16.4. The molecule has 1 aliphatic heterocycles. The van der Waals surface area contributed by atoms with Gasteiger partial charge >= 0.3 is 5.97 Å². The summed E-state index contributed by atoms with van der Waals surface area (Å²) in [4.78, 5) is 18.4. The molecule has 1 saturated heterocycles. The van der Waals surface area contributed by atoms with E-state index in [2.05, 4.69) is 47.7 Å². The molecule has 1 rings (SSSR count). The fourth-order valence-electron chi connectivity index (χ4n) is 2.34. The molecule has 0 saturated carbocycles. The van der Waals surface area contributed by atoms with Crippen LogP contribution in [0.4, 0.5) is 0 Å². The highest BCUT2D eigenvalue weighted by atomic mass is 127. The molecule has 0 aromatic carbocycles. The summed E-state index contributed by atoms with van der Waals surface area (Å²) in [5.41, 5.74) is 0. The van der Waals surface area contributed by atoms with Gasteiger partial charge in [-0.25, -0.2) is 0 Å². The van der Waals surface area contributed by atoms with Gasteiger partial charge in [-0.15, -0.1) is 24.0 Å². The van der Waals surface area contributed by atoms with E-state index in [0.717, 1.165) is 37.8 Å². The Balaban J connectivity index is 0.00000484. The van der Waals surface area contributed by atoms with E-state index < -0.39 is 0 Å². The number of nitrogens with one attached hydrogen (secondary N) is 1. The highest BCUT2D eigenvalue weighted by Crippen LogP contribution is 2.24. The van der Waals surface area contributed by atoms with Gasteiger partial charge in [0.2, 0.25) is 0 Å². The Morgan fingerprint density at radius 2 is 2.17 bits per heavy atom. The Bertz CT molecular complexity index is 367. The first-order chi connectivity index (χ1) is 10.6. The summed E-state index contributed by atoms with van der Waals surface area (Å²) in [6.45, 7) is 12.6. The Morgan fingerprint density at radius 3 is 2.78 bits per heavy atom. The van der Waals surface area contributed by atoms with Gasteiger partial charge in [0.15, 0.2) is 5.96 Å². The van der Waals surface area contributed by atoms with Gasteiger partial charge in [0.1, 0.15) is 0 Å². The predicted molar refractivity (Wildman–Crippen MR) is 110 cm³/mol. The average Bonchev–Trinajstić information content (AvgIpc) is 2.50. The molecule has 0 aromatic rings. The fraction of sp³-hybridized carbons (Fsp3) is 0.875. The molecule has 1 unspecified atom stereocenters. The van der Waals surface area contributed by atoms with Crippen LogP contribution in [0, 0.1) is 5.92 Å². The summed E-state index contributed by atoms with van der Waals surface area (Å²) < 4.78 is 4.94. The predicted octanol–water partition coefficient (Wildman–Crippen LogP) is 2.99. The van der Waals surface area contributed by atoms with Gasteiger partial charge in [0, 0.05) is 43.6 Å². The molecule has 0 spiro atoms. The number of thioether (sulfide) groups is 1. The Kier molecular flexibility index (Phi) is 13.0. The average molecular weight is 457 g/mol. The number of halogens is 1. The summed E-state index contributed by atoms with van der Waals surface area (Å²) >= 11 is 2.06. The number of hydrogen-bond acceptors (Lipinski definition) is 4. The Hall–Kier alpha value is -0.180. The van der Waals surface area contributed by atoms with Gasteiger partial charge in [0.05, 0.1) is 6.61 Å². The first kappa shape index (κ1) is 22.8. The van der Waals surface area contributed by atoms with Crippen molar-refractivity contribution in [3.05, 3.63) is 0 Å². The van der Waals surface area contributed by atoms with E-state index in [9.17, 15) is 4.79 Å².